The molecule has 0 aliphatic heterocycles. The zero-order chi connectivity index (χ0) is 12.7. The van der Waals surface area contributed by atoms with Crippen LogP contribution in [0.4, 0.5) is 11.6 Å². The van der Waals surface area contributed by atoms with Gasteiger partial charge in [-0.25, -0.2) is 4.98 Å². The summed E-state index contributed by atoms with van der Waals surface area (Å²) in [5, 5.41) is 4.60. The molecule has 5 heteroatoms. The Morgan fingerprint density at radius 1 is 1.28 bits per heavy atom. The van der Waals surface area contributed by atoms with E-state index in [1.54, 1.807) is 6.20 Å². The van der Waals surface area contributed by atoms with Gasteiger partial charge in [-0.05, 0) is 37.5 Å². The smallest absolute Gasteiger partial charge is 0.207 e. The number of aryl methyl sites for hydroxylation is 1. The van der Waals surface area contributed by atoms with E-state index in [-0.39, 0.29) is 0 Å². The van der Waals surface area contributed by atoms with Crippen molar-refractivity contribution in [3.63, 3.8) is 0 Å². The normalized spacial score (nSPS) is 14.8. The van der Waals surface area contributed by atoms with Crippen molar-refractivity contribution in [3.8, 4) is 0 Å². The molecule has 0 amide bonds. The van der Waals surface area contributed by atoms with E-state index < -0.39 is 0 Å². The summed E-state index contributed by atoms with van der Waals surface area (Å²) in [4.78, 5) is 4.32. The van der Waals surface area contributed by atoms with Gasteiger partial charge in [0.2, 0.25) is 5.95 Å². The Bertz CT molecular complexity index is 588. The van der Waals surface area contributed by atoms with Gasteiger partial charge in [0.1, 0.15) is 0 Å². The Balaban J connectivity index is 1.92. The summed E-state index contributed by atoms with van der Waals surface area (Å²) in [6.45, 7) is 1.93. The largest absolute Gasteiger partial charge is 0.324 e. The van der Waals surface area contributed by atoms with Crippen LogP contribution in [0.1, 0.15) is 24.4 Å². The van der Waals surface area contributed by atoms with Crippen molar-refractivity contribution in [2.24, 2.45) is 0 Å². The minimum absolute atomic E-state index is 0.578. The van der Waals surface area contributed by atoms with Crippen molar-refractivity contribution in [1.29, 1.82) is 0 Å². The summed E-state index contributed by atoms with van der Waals surface area (Å²) in [6, 6.07) is 4.27. The Morgan fingerprint density at radius 3 is 2.78 bits per heavy atom. The van der Waals surface area contributed by atoms with Crippen LogP contribution >= 0.6 is 23.2 Å². The lowest BCUT2D eigenvalue weighted by atomic mass is 10.2. The van der Waals surface area contributed by atoms with Crippen LogP contribution in [0, 0.1) is 6.92 Å². The number of nitrogens with zero attached hydrogens (tertiary/aromatic N) is 2. The number of hydrogen-bond donors (Lipinski definition) is 1. The highest BCUT2D eigenvalue weighted by molar-refractivity contribution is 6.35. The summed E-state index contributed by atoms with van der Waals surface area (Å²) in [5.41, 5.74) is 1.76. The highest BCUT2D eigenvalue weighted by atomic mass is 35.5. The molecule has 1 aromatic carbocycles. The Morgan fingerprint density at radius 2 is 2.06 bits per heavy atom. The van der Waals surface area contributed by atoms with Gasteiger partial charge in [0.05, 0.1) is 10.7 Å². The van der Waals surface area contributed by atoms with Crippen molar-refractivity contribution < 1.29 is 0 Å². The first-order valence-electron chi connectivity index (χ1n) is 5.90. The number of rotatable bonds is 3. The molecule has 0 saturated heterocycles. The summed E-state index contributed by atoms with van der Waals surface area (Å²) in [6.07, 6.45) is 6.22. The molecule has 1 saturated carbocycles. The summed E-state index contributed by atoms with van der Waals surface area (Å²) >= 11 is 12.3. The molecular weight excluding hydrogens is 269 g/mol. The molecule has 1 heterocycles. The van der Waals surface area contributed by atoms with Crippen molar-refractivity contribution >= 4 is 34.8 Å². The zero-order valence-electron chi connectivity index (χ0n) is 9.95. The van der Waals surface area contributed by atoms with Gasteiger partial charge in [-0.2, -0.15) is 0 Å². The average Bonchev–Trinajstić information content (AvgIpc) is 3.07. The van der Waals surface area contributed by atoms with Crippen molar-refractivity contribution in [2.75, 3.05) is 5.32 Å². The van der Waals surface area contributed by atoms with Crippen LogP contribution in [0.3, 0.4) is 0 Å². The lowest BCUT2D eigenvalue weighted by Crippen LogP contribution is -2.01. The van der Waals surface area contributed by atoms with Gasteiger partial charge in [0, 0.05) is 23.5 Å². The van der Waals surface area contributed by atoms with Crippen molar-refractivity contribution in [3.05, 3.63) is 40.1 Å². The molecule has 0 spiro atoms. The predicted molar refractivity (Wildman–Crippen MR) is 75.0 cm³/mol. The Kier molecular flexibility index (Phi) is 2.96. The fourth-order valence-corrected chi connectivity index (χ4v) is 2.35. The molecule has 0 atom stereocenters. The lowest BCUT2D eigenvalue weighted by Gasteiger charge is -2.11. The fourth-order valence-electron chi connectivity index (χ4n) is 1.92. The maximum Gasteiger partial charge on any atom is 0.207 e. The third-order valence-corrected chi connectivity index (χ3v) is 3.82. The van der Waals surface area contributed by atoms with E-state index in [4.69, 9.17) is 23.2 Å². The molecule has 1 aliphatic rings. The summed E-state index contributed by atoms with van der Waals surface area (Å²) < 4.78 is 2.14. The molecule has 1 fully saturated rings. The molecular formula is C13H13Cl2N3. The second-order valence-electron chi connectivity index (χ2n) is 4.60. The quantitative estimate of drug-likeness (QED) is 0.893. The summed E-state index contributed by atoms with van der Waals surface area (Å²) in [5.74, 6) is 0.819. The van der Waals surface area contributed by atoms with E-state index in [2.05, 4.69) is 14.9 Å². The van der Waals surface area contributed by atoms with Crippen LogP contribution in [-0.2, 0) is 0 Å². The van der Waals surface area contributed by atoms with Gasteiger partial charge in [-0.15, -0.1) is 0 Å². The van der Waals surface area contributed by atoms with Gasteiger partial charge >= 0.3 is 0 Å². The number of imidazole rings is 1. The van der Waals surface area contributed by atoms with Gasteiger partial charge in [0.15, 0.2) is 0 Å². The van der Waals surface area contributed by atoms with E-state index in [1.807, 2.05) is 25.3 Å². The monoisotopic (exact) mass is 281 g/mol. The number of aromatic nitrogens is 2. The first kappa shape index (κ1) is 11.9. The molecule has 3 nitrogen and oxygen atoms in total. The molecule has 1 aromatic heterocycles. The standard InChI is InChI=1S/C13H13Cl2N3/c1-8-6-11(15)12(7-10(8)14)17-13-16-4-5-18(13)9-2-3-9/h4-7,9H,2-3H2,1H3,(H,16,17). The average molecular weight is 282 g/mol. The second kappa shape index (κ2) is 4.48. The maximum absolute atomic E-state index is 6.21. The van der Waals surface area contributed by atoms with E-state index in [1.165, 1.54) is 12.8 Å². The molecule has 1 N–H and O–H groups in total. The van der Waals surface area contributed by atoms with Crippen LogP contribution in [0.2, 0.25) is 10.0 Å². The molecule has 94 valence electrons. The molecule has 0 bridgehead atoms. The first-order valence-corrected chi connectivity index (χ1v) is 6.66. The minimum Gasteiger partial charge on any atom is -0.324 e. The first-order chi connectivity index (χ1) is 8.65. The van der Waals surface area contributed by atoms with Gasteiger partial charge in [0.25, 0.3) is 0 Å². The summed E-state index contributed by atoms with van der Waals surface area (Å²) in [7, 11) is 0. The number of benzene rings is 1. The highest BCUT2D eigenvalue weighted by Crippen LogP contribution is 2.38. The number of halogens is 2. The number of hydrogen-bond acceptors (Lipinski definition) is 2. The van der Waals surface area contributed by atoms with Crippen LogP contribution < -0.4 is 5.32 Å². The second-order valence-corrected chi connectivity index (χ2v) is 5.41. The SMILES string of the molecule is Cc1cc(Cl)c(Nc2nccn2C2CC2)cc1Cl. The van der Waals surface area contributed by atoms with Gasteiger partial charge in [-0.3, -0.25) is 0 Å². The molecule has 3 rings (SSSR count). The van der Waals surface area contributed by atoms with Crippen LogP contribution in [0.25, 0.3) is 0 Å². The molecule has 1 aliphatic carbocycles. The fraction of sp³-hybridized carbons (Fsp3) is 0.308. The molecule has 18 heavy (non-hydrogen) atoms. The predicted octanol–water partition coefficient (Wildman–Crippen LogP) is 4.58. The highest BCUT2D eigenvalue weighted by Gasteiger charge is 2.25. The van der Waals surface area contributed by atoms with Crippen LogP contribution in [0.15, 0.2) is 24.5 Å². The Labute approximate surface area is 116 Å². The van der Waals surface area contributed by atoms with E-state index >= 15 is 0 Å². The Hall–Kier alpha value is -1.19. The molecule has 0 unspecified atom stereocenters. The van der Waals surface area contributed by atoms with Gasteiger partial charge < -0.3 is 9.88 Å². The van der Waals surface area contributed by atoms with E-state index in [0.29, 0.717) is 16.1 Å². The third kappa shape index (κ3) is 2.20. The zero-order valence-corrected chi connectivity index (χ0v) is 11.5. The van der Waals surface area contributed by atoms with Gasteiger partial charge in [-0.1, -0.05) is 23.2 Å². The lowest BCUT2D eigenvalue weighted by molar-refractivity contribution is 0.751. The molecule has 2 aromatic rings. The van der Waals surface area contributed by atoms with E-state index in [0.717, 1.165) is 17.2 Å². The number of nitrogens with one attached hydrogen (secondary N) is 1. The van der Waals surface area contributed by atoms with Crippen molar-refractivity contribution in [2.45, 2.75) is 25.8 Å². The third-order valence-electron chi connectivity index (χ3n) is 3.10. The van der Waals surface area contributed by atoms with Crippen LogP contribution in [-0.4, -0.2) is 9.55 Å². The van der Waals surface area contributed by atoms with E-state index in [9.17, 15) is 0 Å². The molecule has 0 radical (unpaired) electrons. The van der Waals surface area contributed by atoms with Crippen LogP contribution in [0.5, 0.6) is 0 Å². The number of anilines is 2. The maximum atomic E-state index is 6.21. The topological polar surface area (TPSA) is 29.9 Å². The van der Waals surface area contributed by atoms with Crippen molar-refractivity contribution in [1.82, 2.24) is 9.55 Å². The minimum atomic E-state index is 0.578.